The van der Waals surface area contributed by atoms with Gasteiger partial charge in [-0.25, -0.2) is 0 Å². The number of carbonyl (C=O) groups excluding carboxylic acids is 1. The highest BCUT2D eigenvalue weighted by molar-refractivity contribution is 5.86. The van der Waals surface area contributed by atoms with E-state index >= 15 is 0 Å². The van der Waals surface area contributed by atoms with Crippen molar-refractivity contribution in [2.45, 2.75) is 44.7 Å². The molecule has 5 rings (SSSR count). The molecular weight excluding hydrogens is 364 g/mol. The lowest BCUT2D eigenvalue weighted by atomic mass is 9.98. The van der Waals surface area contributed by atoms with Gasteiger partial charge in [0, 0.05) is 49.7 Å². The van der Waals surface area contributed by atoms with Crippen LogP contribution in [0, 0.1) is 0 Å². The Morgan fingerprint density at radius 1 is 1.00 bits per heavy atom. The van der Waals surface area contributed by atoms with Crippen LogP contribution in [-0.2, 0) is 17.8 Å². The number of benzene rings is 1. The first-order valence-corrected chi connectivity index (χ1v) is 11.1. The van der Waals surface area contributed by atoms with Crippen molar-refractivity contribution in [1.29, 1.82) is 0 Å². The number of amides is 1. The van der Waals surface area contributed by atoms with Gasteiger partial charge in [0.05, 0.1) is 6.54 Å². The first-order valence-electron chi connectivity index (χ1n) is 11.1. The number of carbonyl (C=O) groups is 1. The van der Waals surface area contributed by atoms with Crippen LogP contribution in [0.5, 0.6) is 0 Å². The molecular formula is C23H30N4O2. The second kappa shape index (κ2) is 7.92. The number of aromatic nitrogens is 1. The molecule has 3 aliphatic rings. The molecule has 0 saturated carbocycles. The fourth-order valence-electron chi connectivity index (χ4n) is 5.35. The van der Waals surface area contributed by atoms with Crippen LogP contribution in [0.15, 0.2) is 29.1 Å². The van der Waals surface area contributed by atoms with Gasteiger partial charge >= 0.3 is 0 Å². The van der Waals surface area contributed by atoms with Gasteiger partial charge in [0.15, 0.2) is 0 Å². The van der Waals surface area contributed by atoms with Crippen LogP contribution in [0.4, 0.5) is 0 Å². The van der Waals surface area contributed by atoms with Crippen LogP contribution in [0.2, 0.25) is 0 Å². The van der Waals surface area contributed by atoms with Crippen molar-refractivity contribution in [2.75, 3.05) is 39.3 Å². The van der Waals surface area contributed by atoms with E-state index in [1.165, 1.54) is 38.8 Å². The first kappa shape index (κ1) is 18.8. The van der Waals surface area contributed by atoms with E-state index in [0.29, 0.717) is 31.1 Å². The molecule has 2 saturated heterocycles. The average Bonchev–Trinajstić information content (AvgIpc) is 3.29. The second-order valence-electron chi connectivity index (χ2n) is 8.77. The minimum atomic E-state index is -0.0278. The molecule has 1 N–H and O–H groups in total. The molecule has 0 radical (unpaired) electrons. The van der Waals surface area contributed by atoms with Crippen LogP contribution >= 0.6 is 0 Å². The van der Waals surface area contributed by atoms with E-state index in [0.717, 1.165) is 36.2 Å². The molecule has 3 aliphatic heterocycles. The van der Waals surface area contributed by atoms with E-state index in [9.17, 15) is 9.59 Å². The SMILES string of the molecule is O=C(CN1CCC(N2CCCC2)CC1)N1CCc2[nH]c(=O)c3ccccc3c2C1. The maximum absolute atomic E-state index is 13.0. The van der Waals surface area contributed by atoms with Gasteiger partial charge < -0.3 is 14.8 Å². The fourth-order valence-corrected chi connectivity index (χ4v) is 5.35. The summed E-state index contributed by atoms with van der Waals surface area (Å²) in [5, 5.41) is 1.69. The number of piperidine rings is 1. The third-order valence-electron chi connectivity index (χ3n) is 7.03. The molecule has 0 spiro atoms. The number of hydrogen-bond acceptors (Lipinski definition) is 4. The molecule has 2 fully saturated rings. The second-order valence-corrected chi connectivity index (χ2v) is 8.77. The summed E-state index contributed by atoms with van der Waals surface area (Å²) in [6.07, 6.45) is 5.77. The number of aromatic amines is 1. The van der Waals surface area contributed by atoms with Gasteiger partial charge in [-0.2, -0.15) is 0 Å². The molecule has 2 aromatic rings. The molecule has 1 aromatic carbocycles. The van der Waals surface area contributed by atoms with Crippen LogP contribution in [0.1, 0.15) is 36.9 Å². The van der Waals surface area contributed by atoms with Gasteiger partial charge in [0.2, 0.25) is 5.91 Å². The van der Waals surface area contributed by atoms with Crippen LogP contribution in [0.3, 0.4) is 0 Å². The number of fused-ring (bicyclic) bond motifs is 3. The summed E-state index contributed by atoms with van der Waals surface area (Å²) in [6.45, 7) is 6.35. The number of nitrogens with one attached hydrogen (secondary N) is 1. The zero-order valence-corrected chi connectivity index (χ0v) is 17.0. The lowest BCUT2D eigenvalue weighted by molar-refractivity contribution is -0.133. The van der Waals surface area contributed by atoms with Crippen LogP contribution in [-0.4, -0.2) is 70.9 Å². The van der Waals surface area contributed by atoms with Crippen molar-refractivity contribution in [1.82, 2.24) is 19.7 Å². The summed E-state index contributed by atoms with van der Waals surface area (Å²) in [5.74, 6) is 0.213. The normalized spacial score (nSPS) is 21.6. The highest BCUT2D eigenvalue weighted by Gasteiger charge is 2.29. The predicted octanol–water partition coefficient (Wildman–Crippen LogP) is 1.97. The Bertz CT molecular complexity index is 955. The zero-order valence-electron chi connectivity index (χ0n) is 17.0. The third-order valence-corrected chi connectivity index (χ3v) is 7.03. The van der Waals surface area contributed by atoms with Crippen molar-refractivity contribution in [3.05, 3.63) is 45.9 Å². The summed E-state index contributed by atoms with van der Waals surface area (Å²) in [5.41, 5.74) is 2.07. The smallest absolute Gasteiger partial charge is 0.256 e. The molecule has 6 nitrogen and oxygen atoms in total. The molecule has 4 heterocycles. The quantitative estimate of drug-likeness (QED) is 0.865. The number of likely N-dealkylation sites (tertiary alicyclic amines) is 2. The molecule has 154 valence electrons. The lowest BCUT2D eigenvalue weighted by Crippen LogP contribution is -2.48. The van der Waals surface area contributed by atoms with Gasteiger partial charge in [-0.15, -0.1) is 0 Å². The standard InChI is InChI=1S/C23H30N4O2/c28-22(16-25-12-7-17(8-13-25)26-10-3-4-11-26)27-14-9-21-20(15-27)18-5-1-2-6-19(18)23(29)24-21/h1-2,5-6,17H,3-4,7-16H2,(H,24,29). The van der Waals surface area contributed by atoms with Gasteiger partial charge in [0.25, 0.3) is 5.56 Å². The maximum atomic E-state index is 13.0. The minimum absolute atomic E-state index is 0.0278. The Balaban J connectivity index is 1.23. The van der Waals surface area contributed by atoms with Crippen molar-refractivity contribution >= 4 is 16.7 Å². The number of nitrogens with zero attached hydrogens (tertiary/aromatic N) is 3. The third kappa shape index (κ3) is 3.71. The highest BCUT2D eigenvalue weighted by atomic mass is 16.2. The highest BCUT2D eigenvalue weighted by Crippen LogP contribution is 2.25. The van der Waals surface area contributed by atoms with E-state index in [4.69, 9.17) is 0 Å². The summed E-state index contributed by atoms with van der Waals surface area (Å²) in [6, 6.07) is 8.43. The fraction of sp³-hybridized carbons (Fsp3) is 0.565. The summed E-state index contributed by atoms with van der Waals surface area (Å²) in [7, 11) is 0. The van der Waals surface area contributed by atoms with Gasteiger partial charge in [-0.1, -0.05) is 18.2 Å². The molecule has 6 heteroatoms. The molecule has 0 bridgehead atoms. The average molecular weight is 395 g/mol. The molecule has 1 aromatic heterocycles. The van der Waals surface area contributed by atoms with E-state index in [1.807, 2.05) is 29.2 Å². The maximum Gasteiger partial charge on any atom is 0.256 e. The Morgan fingerprint density at radius 2 is 1.72 bits per heavy atom. The van der Waals surface area contributed by atoms with Crippen LogP contribution < -0.4 is 5.56 Å². The monoisotopic (exact) mass is 394 g/mol. The van der Waals surface area contributed by atoms with Crippen molar-refractivity contribution in [3.8, 4) is 0 Å². The van der Waals surface area contributed by atoms with Crippen molar-refractivity contribution < 1.29 is 4.79 Å². The number of hydrogen-bond donors (Lipinski definition) is 1. The molecule has 0 aliphatic carbocycles. The Kier molecular flexibility index (Phi) is 5.14. The van der Waals surface area contributed by atoms with E-state index in [-0.39, 0.29) is 11.5 Å². The van der Waals surface area contributed by atoms with E-state index in [1.54, 1.807) is 0 Å². The first-order chi connectivity index (χ1) is 14.2. The Morgan fingerprint density at radius 3 is 2.48 bits per heavy atom. The summed E-state index contributed by atoms with van der Waals surface area (Å²) >= 11 is 0. The summed E-state index contributed by atoms with van der Waals surface area (Å²) in [4.78, 5) is 35.3. The minimum Gasteiger partial charge on any atom is -0.337 e. The lowest BCUT2D eigenvalue weighted by Gasteiger charge is -2.37. The van der Waals surface area contributed by atoms with Crippen molar-refractivity contribution in [3.63, 3.8) is 0 Å². The molecule has 1 amide bonds. The number of rotatable bonds is 3. The predicted molar refractivity (Wildman–Crippen MR) is 114 cm³/mol. The zero-order chi connectivity index (χ0) is 19.8. The number of H-pyrrole nitrogens is 1. The topological polar surface area (TPSA) is 59.7 Å². The molecule has 29 heavy (non-hydrogen) atoms. The van der Waals surface area contributed by atoms with Gasteiger partial charge in [-0.05, 0) is 55.8 Å². The van der Waals surface area contributed by atoms with E-state index in [2.05, 4.69) is 14.8 Å². The van der Waals surface area contributed by atoms with Gasteiger partial charge in [-0.3, -0.25) is 14.5 Å². The van der Waals surface area contributed by atoms with E-state index < -0.39 is 0 Å². The molecule has 0 unspecified atom stereocenters. The Hall–Kier alpha value is -2.18. The summed E-state index contributed by atoms with van der Waals surface area (Å²) < 4.78 is 0. The van der Waals surface area contributed by atoms with Crippen molar-refractivity contribution in [2.24, 2.45) is 0 Å². The molecule has 0 atom stereocenters. The van der Waals surface area contributed by atoms with Gasteiger partial charge in [0.1, 0.15) is 0 Å². The number of pyridine rings is 1. The Labute approximate surface area is 171 Å². The largest absolute Gasteiger partial charge is 0.337 e. The van der Waals surface area contributed by atoms with Crippen LogP contribution in [0.25, 0.3) is 10.8 Å².